The molecule has 19 heavy (non-hydrogen) atoms. The Bertz CT molecular complexity index is 462. The van der Waals surface area contributed by atoms with Crippen LogP contribution >= 0.6 is 0 Å². The summed E-state index contributed by atoms with van der Waals surface area (Å²) in [5.74, 6) is 0. The number of anilines is 1. The number of nitrogens with two attached hydrogens (primary N) is 1. The molecule has 0 bridgehead atoms. The van der Waals surface area contributed by atoms with E-state index in [2.05, 4.69) is 4.99 Å². The highest BCUT2D eigenvalue weighted by atomic mass is 16.4. The standard InChI is InChI=1S/C13H20N2O4/c1-7-3-9(14)10(4-8(7)2)15-5-11(17)13(19)12(18)6-16/h3-5,11-13,16-19H,6,14H2,1-2H3/t11-,12+,13-/m0/s1. The van der Waals surface area contributed by atoms with E-state index in [1.54, 1.807) is 12.1 Å². The van der Waals surface area contributed by atoms with Crippen molar-refractivity contribution in [2.45, 2.75) is 32.2 Å². The van der Waals surface area contributed by atoms with Gasteiger partial charge in [-0.25, -0.2) is 0 Å². The number of hydrogen-bond acceptors (Lipinski definition) is 6. The van der Waals surface area contributed by atoms with Gasteiger partial charge in [-0.15, -0.1) is 0 Å². The van der Waals surface area contributed by atoms with Gasteiger partial charge in [-0.3, -0.25) is 4.99 Å². The third-order valence-electron chi connectivity index (χ3n) is 2.94. The number of aliphatic imine (C=N–C) groups is 1. The molecule has 0 radical (unpaired) electrons. The first kappa shape index (κ1) is 15.6. The van der Waals surface area contributed by atoms with Gasteiger partial charge in [0.1, 0.15) is 18.3 Å². The molecular weight excluding hydrogens is 248 g/mol. The van der Waals surface area contributed by atoms with Gasteiger partial charge in [0, 0.05) is 6.21 Å². The van der Waals surface area contributed by atoms with Crippen molar-refractivity contribution in [3.63, 3.8) is 0 Å². The third-order valence-corrected chi connectivity index (χ3v) is 2.94. The molecule has 0 aliphatic rings. The summed E-state index contributed by atoms with van der Waals surface area (Å²) >= 11 is 0. The van der Waals surface area contributed by atoms with E-state index in [-0.39, 0.29) is 0 Å². The zero-order valence-electron chi connectivity index (χ0n) is 11.0. The van der Waals surface area contributed by atoms with Crippen molar-refractivity contribution in [2.75, 3.05) is 12.3 Å². The molecule has 6 N–H and O–H groups in total. The van der Waals surface area contributed by atoms with Crippen LogP contribution in [0.3, 0.4) is 0 Å². The normalized spacial score (nSPS) is 16.5. The third kappa shape index (κ3) is 4.00. The lowest BCUT2D eigenvalue weighted by atomic mass is 10.1. The fourth-order valence-electron chi connectivity index (χ4n) is 1.52. The number of nitrogen functional groups attached to an aromatic ring is 1. The van der Waals surface area contributed by atoms with Crippen LogP contribution in [0.15, 0.2) is 17.1 Å². The number of aryl methyl sites for hydroxylation is 2. The number of rotatable bonds is 5. The topological polar surface area (TPSA) is 119 Å². The van der Waals surface area contributed by atoms with Crippen molar-refractivity contribution in [1.29, 1.82) is 0 Å². The lowest BCUT2D eigenvalue weighted by molar-refractivity contribution is -0.0541. The minimum atomic E-state index is -1.50. The molecule has 6 heteroatoms. The highest BCUT2D eigenvalue weighted by Gasteiger charge is 2.22. The number of nitrogens with zero attached hydrogens (tertiary/aromatic N) is 1. The number of aliphatic hydroxyl groups excluding tert-OH is 4. The molecule has 0 unspecified atom stereocenters. The minimum absolute atomic E-state index is 0.462. The monoisotopic (exact) mass is 268 g/mol. The number of benzene rings is 1. The van der Waals surface area contributed by atoms with E-state index in [0.29, 0.717) is 11.4 Å². The Hall–Kier alpha value is -1.47. The van der Waals surface area contributed by atoms with Gasteiger partial charge in [0.15, 0.2) is 0 Å². The van der Waals surface area contributed by atoms with Crippen LogP contribution in [-0.4, -0.2) is 51.6 Å². The van der Waals surface area contributed by atoms with Gasteiger partial charge < -0.3 is 26.2 Å². The smallest absolute Gasteiger partial charge is 0.118 e. The molecule has 106 valence electrons. The Balaban J connectivity index is 2.84. The fraction of sp³-hybridized carbons (Fsp3) is 0.462. The van der Waals surface area contributed by atoms with Gasteiger partial charge in [-0.1, -0.05) is 0 Å². The minimum Gasteiger partial charge on any atom is -0.397 e. The van der Waals surface area contributed by atoms with E-state index in [0.717, 1.165) is 17.3 Å². The fourth-order valence-corrected chi connectivity index (χ4v) is 1.52. The van der Waals surface area contributed by atoms with Crippen LogP contribution in [0.5, 0.6) is 0 Å². The van der Waals surface area contributed by atoms with Crippen molar-refractivity contribution in [2.24, 2.45) is 4.99 Å². The summed E-state index contributed by atoms with van der Waals surface area (Å²) < 4.78 is 0. The molecule has 0 spiro atoms. The molecule has 0 aliphatic carbocycles. The number of hydrogen-bond donors (Lipinski definition) is 5. The second-order valence-corrected chi connectivity index (χ2v) is 4.50. The van der Waals surface area contributed by atoms with Crippen LogP contribution in [0.4, 0.5) is 11.4 Å². The molecular formula is C13H20N2O4. The van der Waals surface area contributed by atoms with E-state index in [9.17, 15) is 15.3 Å². The maximum absolute atomic E-state index is 9.58. The SMILES string of the molecule is Cc1cc(N)c(N=C[C@H](O)[C@H](O)[C@H](O)CO)cc1C. The van der Waals surface area contributed by atoms with Crippen molar-refractivity contribution >= 4 is 17.6 Å². The molecule has 1 aromatic carbocycles. The zero-order valence-corrected chi connectivity index (χ0v) is 11.0. The molecule has 1 aromatic rings. The summed E-state index contributed by atoms with van der Waals surface area (Å²) in [7, 11) is 0. The van der Waals surface area contributed by atoms with Crippen LogP contribution < -0.4 is 5.73 Å². The van der Waals surface area contributed by atoms with Gasteiger partial charge in [0.2, 0.25) is 0 Å². The maximum Gasteiger partial charge on any atom is 0.118 e. The molecule has 1 rings (SSSR count). The molecule has 0 heterocycles. The second-order valence-electron chi connectivity index (χ2n) is 4.50. The number of aliphatic hydroxyl groups is 4. The summed E-state index contributed by atoms with van der Waals surface area (Å²) in [4.78, 5) is 3.99. The zero-order chi connectivity index (χ0) is 14.6. The molecule has 0 saturated carbocycles. The Morgan fingerprint density at radius 1 is 1.21 bits per heavy atom. The summed E-state index contributed by atoms with van der Waals surface area (Å²) in [5.41, 5.74) is 8.77. The molecule has 0 aliphatic heterocycles. The quantitative estimate of drug-likeness (QED) is 0.370. The summed E-state index contributed by atoms with van der Waals surface area (Å²) in [6, 6.07) is 3.54. The second kappa shape index (κ2) is 6.63. The van der Waals surface area contributed by atoms with E-state index in [1.165, 1.54) is 0 Å². The van der Waals surface area contributed by atoms with Crippen molar-refractivity contribution in [1.82, 2.24) is 0 Å². The molecule has 0 fully saturated rings. The highest BCUT2D eigenvalue weighted by molar-refractivity contribution is 5.74. The Kier molecular flexibility index (Phi) is 5.44. The van der Waals surface area contributed by atoms with Gasteiger partial charge >= 0.3 is 0 Å². The largest absolute Gasteiger partial charge is 0.397 e. The van der Waals surface area contributed by atoms with Crippen molar-refractivity contribution in [3.05, 3.63) is 23.3 Å². The highest BCUT2D eigenvalue weighted by Crippen LogP contribution is 2.25. The molecule has 6 nitrogen and oxygen atoms in total. The van der Waals surface area contributed by atoms with Crippen molar-refractivity contribution in [3.8, 4) is 0 Å². The first-order valence-electron chi connectivity index (χ1n) is 5.92. The lowest BCUT2D eigenvalue weighted by Crippen LogP contribution is -2.40. The first-order valence-corrected chi connectivity index (χ1v) is 5.92. The van der Waals surface area contributed by atoms with E-state index in [4.69, 9.17) is 10.8 Å². The van der Waals surface area contributed by atoms with Gasteiger partial charge in [0.25, 0.3) is 0 Å². The Morgan fingerprint density at radius 2 is 1.79 bits per heavy atom. The van der Waals surface area contributed by atoms with Crippen LogP contribution in [0.2, 0.25) is 0 Å². The Morgan fingerprint density at radius 3 is 2.37 bits per heavy atom. The molecule has 0 saturated heterocycles. The van der Waals surface area contributed by atoms with E-state index in [1.807, 2.05) is 13.8 Å². The first-order chi connectivity index (χ1) is 8.86. The van der Waals surface area contributed by atoms with Gasteiger partial charge in [-0.05, 0) is 37.1 Å². The molecule has 0 aromatic heterocycles. The van der Waals surface area contributed by atoms with E-state index >= 15 is 0 Å². The van der Waals surface area contributed by atoms with Crippen LogP contribution in [-0.2, 0) is 0 Å². The van der Waals surface area contributed by atoms with Crippen LogP contribution in [0, 0.1) is 13.8 Å². The molecule has 0 amide bonds. The maximum atomic E-state index is 9.58. The summed E-state index contributed by atoms with van der Waals surface area (Å²) in [5, 5.41) is 36.9. The summed E-state index contributed by atoms with van der Waals surface area (Å²) in [6.45, 7) is 3.20. The van der Waals surface area contributed by atoms with E-state index < -0.39 is 24.9 Å². The predicted octanol–water partition coefficient (Wildman–Crippen LogP) is -0.337. The van der Waals surface area contributed by atoms with Gasteiger partial charge in [0.05, 0.1) is 18.0 Å². The average molecular weight is 268 g/mol. The lowest BCUT2D eigenvalue weighted by Gasteiger charge is -2.18. The average Bonchev–Trinajstić information content (AvgIpc) is 2.39. The summed E-state index contributed by atoms with van der Waals surface area (Å²) in [6.07, 6.45) is -3.22. The van der Waals surface area contributed by atoms with Crippen LogP contribution in [0.25, 0.3) is 0 Å². The van der Waals surface area contributed by atoms with Gasteiger partial charge in [-0.2, -0.15) is 0 Å². The van der Waals surface area contributed by atoms with Crippen LogP contribution in [0.1, 0.15) is 11.1 Å². The molecule has 3 atom stereocenters. The predicted molar refractivity (Wildman–Crippen MR) is 73.6 cm³/mol. The van der Waals surface area contributed by atoms with Crippen molar-refractivity contribution < 1.29 is 20.4 Å². The Labute approximate surface area is 111 Å².